The number of sulfonamides is 1. The van der Waals surface area contributed by atoms with E-state index in [0.29, 0.717) is 12.8 Å². The van der Waals surface area contributed by atoms with Crippen molar-refractivity contribution in [2.24, 2.45) is 0 Å². The van der Waals surface area contributed by atoms with Crippen molar-refractivity contribution in [3.8, 4) is 0 Å². The number of carbonyl (C=O) groups is 2. The van der Waals surface area contributed by atoms with Gasteiger partial charge in [0.1, 0.15) is 11.3 Å². The number of hydrogen-bond acceptors (Lipinski definition) is 6. The molecule has 1 aliphatic rings. The van der Waals surface area contributed by atoms with Crippen LogP contribution in [0.3, 0.4) is 0 Å². The van der Waals surface area contributed by atoms with Crippen LogP contribution in [0.4, 0.5) is 5.88 Å². The van der Waals surface area contributed by atoms with E-state index < -0.39 is 27.0 Å². The Bertz CT molecular complexity index is 684. The number of ether oxygens (including phenoxy) is 1. The van der Waals surface area contributed by atoms with Crippen molar-refractivity contribution in [3.63, 3.8) is 0 Å². The Balaban J connectivity index is 2.47. The summed E-state index contributed by atoms with van der Waals surface area (Å²) < 4.78 is 36.4. The molecule has 0 radical (unpaired) electrons. The molecule has 1 aromatic heterocycles. The number of hydrogen-bond donors (Lipinski definition) is 1. The van der Waals surface area contributed by atoms with E-state index in [1.807, 2.05) is 0 Å². The fraction of sp³-hybridized carbons (Fsp3) is 0.538. The Kier molecular flexibility index (Phi) is 4.08. The minimum absolute atomic E-state index is 0.0435. The molecule has 0 unspecified atom stereocenters. The minimum atomic E-state index is -3.60. The summed E-state index contributed by atoms with van der Waals surface area (Å²) in [5.74, 6) is -1.24. The van der Waals surface area contributed by atoms with Crippen LogP contribution >= 0.6 is 0 Å². The van der Waals surface area contributed by atoms with Crippen molar-refractivity contribution in [2.75, 3.05) is 11.3 Å². The fourth-order valence-corrected chi connectivity index (χ4v) is 3.35. The van der Waals surface area contributed by atoms with Crippen molar-refractivity contribution in [3.05, 3.63) is 16.9 Å². The van der Waals surface area contributed by atoms with Gasteiger partial charge in [-0.1, -0.05) is 0 Å². The van der Waals surface area contributed by atoms with E-state index in [9.17, 15) is 18.0 Å². The molecule has 0 bridgehead atoms. The molecule has 1 aliphatic carbocycles. The van der Waals surface area contributed by atoms with Gasteiger partial charge in [-0.3, -0.25) is 9.52 Å². The molecule has 1 N–H and O–H groups in total. The smallest absolute Gasteiger partial charge is 0.344 e. The normalized spacial score (nSPS) is 14.8. The largest absolute Gasteiger partial charge is 0.462 e. The lowest BCUT2D eigenvalue weighted by atomic mass is 10.1. The quantitative estimate of drug-likeness (QED) is 0.635. The Morgan fingerprint density at radius 3 is 2.43 bits per heavy atom. The van der Waals surface area contributed by atoms with Gasteiger partial charge in [-0.2, -0.15) is 0 Å². The fourth-order valence-electron chi connectivity index (χ4n) is 2.03. The highest BCUT2D eigenvalue weighted by Gasteiger charge is 2.38. The number of esters is 1. The SMILES string of the molecule is CCOC(=O)c1c(NS(=O)(=O)C2CC2)oc(C)c1C(C)=O. The lowest BCUT2D eigenvalue weighted by molar-refractivity contribution is 0.0524. The topological polar surface area (TPSA) is 103 Å². The van der Waals surface area contributed by atoms with E-state index in [1.54, 1.807) is 6.92 Å². The van der Waals surface area contributed by atoms with E-state index in [0.717, 1.165) is 0 Å². The molecule has 8 heteroatoms. The monoisotopic (exact) mass is 315 g/mol. The molecule has 116 valence electrons. The number of carbonyl (C=O) groups excluding carboxylic acids is 2. The molecule has 0 spiro atoms. The second-order valence-corrected chi connectivity index (χ2v) is 6.82. The van der Waals surface area contributed by atoms with Gasteiger partial charge in [0.2, 0.25) is 15.9 Å². The number of nitrogens with one attached hydrogen (secondary N) is 1. The van der Waals surface area contributed by atoms with Gasteiger partial charge in [0.15, 0.2) is 5.78 Å². The molecule has 0 atom stereocenters. The van der Waals surface area contributed by atoms with Crippen LogP contribution in [0, 0.1) is 6.92 Å². The van der Waals surface area contributed by atoms with Crippen molar-refractivity contribution in [1.82, 2.24) is 0 Å². The van der Waals surface area contributed by atoms with Gasteiger partial charge in [0, 0.05) is 0 Å². The van der Waals surface area contributed by atoms with Crippen LogP contribution in [0.1, 0.15) is 53.2 Å². The summed E-state index contributed by atoms with van der Waals surface area (Å²) in [6.45, 7) is 4.50. The van der Waals surface area contributed by atoms with Crippen LogP contribution in [0.5, 0.6) is 0 Å². The van der Waals surface area contributed by atoms with Crippen molar-refractivity contribution >= 4 is 27.7 Å². The molecular formula is C13H17NO6S. The summed E-state index contributed by atoms with van der Waals surface area (Å²) in [5.41, 5.74) is -0.118. The number of ketones is 1. The lowest BCUT2D eigenvalue weighted by Crippen LogP contribution is -2.19. The molecule has 1 saturated carbocycles. The molecule has 7 nitrogen and oxygen atoms in total. The van der Waals surface area contributed by atoms with Gasteiger partial charge < -0.3 is 9.15 Å². The number of rotatable bonds is 6. The van der Waals surface area contributed by atoms with Gasteiger partial charge in [-0.05, 0) is 33.6 Å². The first-order valence-corrected chi connectivity index (χ1v) is 8.15. The van der Waals surface area contributed by atoms with Gasteiger partial charge in [0.25, 0.3) is 0 Å². The molecular weight excluding hydrogens is 298 g/mol. The van der Waals surface area contributed by atoms with Crippen LogP contribution in [0.2, 0.25) is 0 Å². The zero-order valence-corrected chi connectivity index (χ0v) is 12.9. The highest BCUT2D eigenvalue weighted by molar-refractivity contribution is 7.93. The Hall–Kier alpha value is -1.83. The average Bonchev–Trinajstić information content (AvgIpc) is 3.14. The maximum atomic E-state index is 12.0. The van der Waals surface area contributed by atoms with Gasteiger partial charge in [-0.15, -0.1) is 0 Å². The van der Waals surface area contributed by atoms with Crippen LogP contribution in [-0.2, 0) is 14.8 Å². The maximum Gasteiger partial charge on any atom is 0.344 e. The van der Waals surface area contributed by atoms with E-state index >= 15 is 0 Å². The first kappa shape index (κ1) is 15.6. The van der Waals surface area contributed by atoms with Crippen molar-refractivity contribution in [1.29, 1.82) is 0 Å². The van der Waals surface area contributed by atoms with E-state index in [4.69, 9.17) is 9.15 Å². The Morgan fingerprint density at radius 1 is 1.33 bits per heavy atom. The third-order valence-corrected chi connectivity index (χ3v) is 4.93. The number of furan rings is 1. The van der Waals surface area contributed by atoms with Crippen LogP contribution < -0.4 is 4.72 Å². The van der Waals surface area contributed by atoms with E-state index in [1.165, 1.54) is 13.8 Å². The summed E-state index contributed by atoms with van der Waals surface area (Å²) in [6, 6.07) is 0. The predicted molar refractivity (Wildman–Crippen MR) is 75.0 cm³/mol. The van der Waals surface area contributed by atoms with E-state index in [-0.39, 0.29) is 29.4 Å². The van der Waals surface area contributed by atoms with Crippen molar-refractivity contribution in [2.45, 2.75) is 38.9 Å². The van der Waals surface area contributed by atoms with Gasteiger partial charge >= 0.3 is 5.97 Å². The molecule has 1 aromatic rings. The predicted octanol–water partition coefficient (Wildman–Crippen LogP) is 1.87. The van der Waals surface area contributed by atoms with Crippen LogP contribution in [0.15, 0.2) is 4.42 Å². The Labute approximate surface area is 122 Å². The zero-order chi connectivity index (χ0) is 15.8. The standard InChI is InChI=1S/C13H17NO6S/c1-4-19-13(16)11-10(7(2)15)8(3)20-12(11)14-21(17,18)9-5-6-9/h9,14H,4-6H2,1-3H3. The lowest BCUT2D eigenvalue weighted by Gasteiger charge is -2.07. The number of anilines is 1. The molecule has 21 heavy (non-hydrogen) atoms. The molecule has 1 heterocycles. The summed E-state index contributed by atoms with van der Waals surface area (Å²) >= 11 is 0. The van der Waals surface area contributed by atoms with Crippen molar-refractivity contribution < 1.29 is 27.2 Å². The zero-order valence-electron chi connectivity index (χ0n) is 12.1. The maximum absolute atomic E-state index is 12.0. The number of Topliss-reactive ketones (excluding diaryl/α,β-unsaturated/α-hetero) is 1. The summed E-state index contributed by atoms with van der Waals surface area (Å²) in [5, 5.41) is -0.473. The second kappa shape index (κ2) is 5.51. The first-order valence-electron chi connectivity index (χ1n) is 6.61. The molecule has 0 saturated heterocycles. The molecule has 0 amide bonds. The molecule has 2 rings (SSSR count). The summed E-state index contributed by atoms with van der Waals surface area (Å²) in [4.78, 5) is 23.7. The third-order valence-electron chi connectivity index (χ3n) is 3.11. The molecule has 0 aliphatic heterocycles. The first-order chi connectivity index (χ1) is 9.77. The second-order valence-electron chi connectivity index (χ2n) is 4.86. The molecule has 0 aromatic carbocycles. The Morgan fingerprint density at radius 2 is 1.95 bits per heavy atom. The summed E-state index contributed by atoms with van der Waals surface area (Å²) in [7, 11) is -3.60. The third kappa shape index (κ3) is 3.10. The average molecular weight is 315 g/mol. The summed E-state index contributed by atoms with van der Waals surface area (Å²) in [6.07, 6.45) is 1.15. The number of aryl methyl sites for hydroxylation is 1. The van der Waals surface area contributed by atoms with Crippen LogP contribution in [0.25, 0.3) is 0 Å². The highest BCUT2D eigenvalue weighted by Crippen LogP contribution is 2.34. The highest BCUT2D eigenvalue weighted by atomic mass is 32.2. The van der Waals surface area contributed by atoms with Crippen LogP contribution in [-0.4, -0.2) is 32.0 Å². The minimum Gasteiger partial charge on any atom is -0.462 e. The van der Waals surface area contributed by atoms with Gasteiger partial charge in [0.05, 0.1) is 17.4 Å². The molecule has 1 fully saturated rings. The van der Waals surface area contributed by atoms with Gasteiger partial charge in [-0.25, -0.2) is 13.2 Å². The van der Waals surface area contributed by atoms with E-state index in [2.05, 4.69) is 4.72 Å².